The molecule has 0 aromatic heterocycles. The molecule has 2 rings (SSSR count). The van der Waals surface area contributed by atoms with E-state index in [1.54, 1.807) is 12.1 Å². The van der Waals surface area contributed by atoms with Crippen molar-refractivity contribution in [3.05, 3.63) is 64.4 Å². The fourth-order valence-corrected chi connectivity index (χ4v) is 2.31. The van der Waals surface area contributed by atoms with Gasteiger partial charge in [-0.15, -0.1) is 11.6 Å². The summed E-state index contributed by atoms with van der Waals surface area (Å²) in [6.07, 6.45) is 0. The summed E-state index contributed by atoms with van der Waals surface area (Å²) in [5.74, 6) is -0.309. The molecule has 0 spiro atoms. The molecule has 19 heavy (non-hydrogen) atoms. The maximum absolute atomic E-state index is 13.7. The summed E-state index contributed by atoms with van der Waals surface area (Å²) in [6.45, 7) is 2.23. The quantitative estimate of drug-likeness (QED) is 0.746. The maximum atomic E-state index is 13.7. The van der Waals surface area contributed by atoms with Crippen LogP contribution >= 0.6 is 23.2 Å². The van der Waals surface area contributed by atoms with Gasteiger partial charge >= 0.3 is 0 Å². The van der Waals surface area contributed by atoms with Crippen molar-refractivity contribution in [3.8, 4) is 0 Å². The van der Waals surface area contributed by atoms with E-state index in [9.17, 15) is 4.39 Å². The molecule has 2 aromatic carbocycles. The van der Waals surface area contributed by atoms with Crippen LogP contribution in [0.4, 0.5) is 10.1 Å². The highest BCUT2D eigenvalue weighted by atomic mass is 35.5. The number of benzene rings is 2. The topological polar surface area (TPSA) is 12.0 Å². The van der Waals surface area contributed by atoms with E-state index in [-0.39, 0.29) is 11.2 Å². The molecule has 2 aromatic rings. The van der Waals surface area contributed by atoms with Crippen molar-refractivity contribution in [2.24, 2.45) is 0 Å². The Balaban J connectivity index is 2.19. The van der Waals surface area contributed by atoms with Crippen molar-refractivity contribution in [2.45, 2.75) is 18.8 Å². The Bertz CT molecular complexity index is 550. The largest absolute Gasteiger partial charge is 0.381 e. The maximum Gasteiger partial charge on any atom is 0.129 e. The molecule has 0 heterocycles. The third kappa shape index (κ3) is 3.40. The smallest absolute Gasteiger partial charge is 0.129 e. The predicted molar refractivity (Wildman–Crippen MR) is 79.4 cm³/mol. The average Bonchev–Trinajstić information content (AvgIpc) is 2.38. The normalized spacial score (nSPS) is 12.2. The van der Waals surface area contributed by atoms with E-state index in [4.69, 9.17) is 23.2 Å². The molecule has 0 saturated carbocycles. The molecule has 0 radical (unpaired) electrons. The molecule has 0 aliphatic rings. The van der Waals surface area contributed by atoms with Crippen LogP contribution in [0.1, 0.15) is 23.4 Å². The third-order valence-corrected chi connectivity index (χ3v) is 3.50. The van der Waals surface area contributed by atoms with E-state index in [0.29, 0.717) is 17.1 Å². The minimum absolute atomic E-state index is 0.111. The second-order valence-corrected chi connectivity index (χ2v) is 5.32. The molecular weight excluding hydrogens is 284 g/mol. The first-order valence-corrected chi connectivity index (χ1v) is 6.81. The van der Waals surface area contributed by atoms with Crippen LogP contribution in [0.25, 0.3) is 0 Å². The van der Waals surface area contributed by atoms with Gasteiger partial charge in [0.05, 0.1) is 5.38 Å². The summed E-state index contributed by atoms with van der Waals surface area (Å²) in [4.78, 5) is 0. The van der Waals surface area contributed by atoms with Crippen molar-refractivity contribution in [2.75, 3.05) is 5.32 Å². The first-order chi connectivity index (χ1) is 9.09. The van der Waals surface area contributed by atoms with E-state index < -0.39 is 0 Å². The Morgan fingerprint density at radius 2 is 1.89 bits per heavy atom. The molecular formula is C15H14Cl2FN. The zero-order valence-electron chi connectivity index (χ0n) is 10.5. The zero-order chi connectivity index (χ0) is 13.8. The van der Waals surface area contributed by atoms with Gasteiger partial charge in [-0.1, -0.05) is 35.9 Å². The first kappa shape index (κ1) is 14.2. The van der Waals surface area contributed by atoms with Gasteiger partial charge < -0.3 is 5.32 Å². The van der Waals surface area contributed by atoms with E-state index in [1.807, 2.05) is 31.2 Å². The summed E-state index contributed by atoms with van der Waals surface area (Å²) in [7, 11) is 0. The predicted octanol–water partition coefficient (Wildman–Crippen LogP) is 5.39. The zero-order valence-corrected chi connectivity index (χ0v) is 12.0. The number of hydrogen-bond donors (Lipinski definition) is 1. The highest BCUT2D eigenvalue weighted by Gasteiger charge is 2.10. The van der Waals surface area contributed by atoms with E-state index in [0.717, 1.165) is 11.3 Å². The Morgan fingerprint density at radius 3 is 2.58 bits per heavy atom. The molecule has 1 N–H and O–H groups in total. The number of alkyl halides is 1. The minimum Gasteiger partial charge on any atom is -0.381 e. The molecule has 1 nitrogen and oxygen atoms in total. The van der Waals surface area contributed by atoms with Crippen molar-refractivity contribution in [1.82, 2.24) is 0 Å². The molecule has 4 heteroatoms. The van der Waals surface area contributed by atoms with Crippen LogP contribution in [0.5, 0.6) is 0 Å². The summed E-state index contributed by atoms with van der Waals surface area (Å²) in [5, 5.41) is 3.49. The lowest BCUT2D eigenvalue weighted by Gasteiger charge is -2.14. The third-order valence-electron chi connectivity index (χ3n) is 2.91. The highest BCUT2D eigenvalue weighted by molar-refractivity contribution is 6.31. The second-order valence-electron chi connectivity index (χ2n) is 4.26. The molecule has 0 amide bonds. The lowest BCUT2D eigenvalue weighted by molar-refractivity contribution is 0.613. The Hall–Kier alpha value is -1.25. The van der Waals surface area contributed by atoms with Crippen molar-refractivity contribution >= 4 is 28.9 Å². The highest BCUT2D eigenvalue weighted by Crippen LogP contribution is 2.28. The summed E-state index contributed by atoms with van der Waals surface area (Å²) in [5.41, 5.74) is 2.34. The van der Waals surface area contributed by atoms with Gasteiger partial charge in [0.1, 0.15) is 5.82 Å². The number of halogens is 3. The summed E-state index contributed by atoms with van der Waals surface area (Å²) < 4.78 is 13.7. The number of para-hydroxylation sites is 1. The van der Waals surface area contributed by atoms with Crippen molar-refractivity contribution in [3.63, 3.8) is 0 Å². The van der Waals surface area contributed by atoms with Gasteiger partial charge in [-0.3, -0.25) is 0 Å². The van der Waals surface area contributed by atoms with E-state index in [1.165, 1.54) is 6.07 Å². The molecule has 0 saturated heterocycles. The number of rotatable bonds is 4. The van der Waals surface area contributed by atoms with Crippen LogP contribution in [0, 0.1) is 5.82 Å². The molecule has 0 bridgehead atoms. The number of nitrogens with one attached hydrogen (secondary N) is 1. The van der Waals surface area contributed by atoms with Gasteiger partial charge in [0.15, 0.2) is 0 Å². The van der Waals surface area contributed by atoms with Crippen LogP contribution in [0.15, 0.2) is 42.5 Å². The van der Waals surface area contributed by atoms with Gasteiger partial charge in [-0.05, 0) is 30.7 Å². The van der Waals surface area contributed by atoms with Crippen LogP contribution in [0.3, 0.4) is 0 Å². The molecule has 1 unspecified atom stereocenters. The Labute approximate surface area is 122 Å². The molecule has 0 aliphatic heterocycles. The second kappa shape index (κ2) is 6.27. The van der Waals surface area contributed by atoms with Crippen molar-refractivity contribution < 1.29 is 4.39 Å². The lowest BCUT2D eigenvalue weighted by atomic mass is 10.1. The van der Waals surface area contributed by atoms with Gasteiger partial charge in [-0.2, -0.15) is 0 Å². The summed E-state index contributed by atoms with van der Waals surface area (Å²) >= 11 is 12.1. The SMILES string of the molecule is CC(Cl)c1ccccc1NCc1c(F)cccc1Cl. The van der Waals surface area contributed by atoms with Crippen molar-refractivity contribution in [1.29, 1.82) is 0 Å². The average molecular weight is 298 g/mol. The molecule has 0 fully saturated rings. The van der Waals surface area contributed by atoms with Gasteiger partial charge in [0.2, 0.25) is 0 Å². The molecule has 100 valence electrons. The fourth-order valence-electron chi connectivity index (χ4n) is 1.89. The lowest BCUT2D eigenvalue weighted by Crippen LogP contribution is -2.05. The number of hydrogen-bond acceptors (Lipinski definition) is 1. The number of anilines is 1. The van der Waals surface area contributed by atoms with Crippen LogP contribution in [-0.4, -0.2) is 0 Å². The van der Waals surface area contributed by atoms with Crippen LogP contribution in [-0.2, 0) is 6.54 Å². The Kier molecular flexibility index (Phi) is 4.67. The monoisotopic (exact) mass is 297 g/mol. The van der Waals surface area contributed by atoms with E-state index >= 15 is 0 Å². The Morgan fingerprint density at radius 1 is 1.16 bits per heavy atom. The standard InChI is InChI=1S/C15H14Cl2FN/c1-10(16)11-5-2-3-8-15(11)19-9-12-13(17)6-4-7-14(12)18/h2-8,10,19H,9H2,1H3. The first-order valence-electron chi connectivity index (χ1n) is 5.99. The summed E-state index contributed by atoms with van der Waals surface area (Å²) in [6, 6.07) is 12.4. The van der Waals surface area contributed by atoms with Gasteiger partial charge in [0.25, 0.3) is 0 Å². The molecule has 1 atom stereocenters. The fraction of sp³-hybridized carbons (Fsp3) is 0.200. The van der Waals surface area contributed by atoms with Crippen LogP contribution < -0.4 is 5.32 Å². The van der Waals surface area contributed by atoms with Gasteiger partial charge in [-0.25, -0.2) is 4.39 Å². The van der Waals surface area contributed by atoms with Gasteiger partial charge in [0, 0.05) is 22.8 Å². The van der Waals surface area contributed by atoms with E-state index in [2.05, 4.69) is 5.32 Å². The minimum atomic E-state index is -0.309. The van der Waals surface area contributed by atoms with Crippen LogP contribution in [0.2, 0.25) is 5.02 Å². The molecule has 0 aliphatic carbocycles.